The molecule has 0 amide bonds. The molecule has 2 aromatic carbocycles. The average molecular weight is 420 g/mol. The van der Waals surface area contributed by atoms with E-state index in [1.807, 2.05) is 26.0 Å². The predicted molar refractivity (Wildman–Crippen MR) is 120 cm³/mol. The van der Waals surface area contributed by atoms with Crippen molar-refractivity contribution in [3.8, 4) is 5.75 Å². The van der Waals surface area contributed by atoms with Crippen LogP contribution in [-0.4, -0.2) is 40.8 Å². The summed E-state index contributed by atoms with van der Waals surface area (Å²) >= 11 is 0. The Bertz CT molecular complexity index is 1400. The highest BCUT2D eigenvalue weighted by atomic mass is 16.7. The summed E-state index contributed by atoms with van der Waals surface area (Å²) in [5.41, 5.74) is 4.12. The zero-order valence-electron chi connectivity index (χ0n) is 17.8. The highest BCUT2D eigenvalue weighted by Gasteiger charge is 2.21. The lowest BCUT2D eigenvalue weighted by Gasteiger charge is -2.17. The molecular formula is C23H24N4O4. The molecule has 5 rings (SSSR count). The first-order valence-electron chi connectivity index (χ1n) is 10.6. The molecule has 160 valence electrons. The number of nitrogens with zero attached hydrogens (tertiary/aromatic N) is 2. The first-order valence-corrected chi connectivity index (χ1v) is 10.6. The lowest BCUT2D eigenvalue weighted by molar-refractivity contribution is 0.104. The number of aromatic nitrogens is 3. The van der Waals surface area contributed by atoms with Gasteiger partial charge in [-0.3, -0.25) is 9.78 Å². The lowest BCUT2D eigenvalue weighted by Crippen LogP contribution is -2.24. The van der Waals surface area contributed by atoms with E-state index in [9.17, 15) is 9.59 Å². The molecule has 31 heavy (non-hydrogen) atoms. The van der Waals surface area contributed by atoms with Gasteiger partial charge in [-0.25, -0.2) is 9.78 Å². The summed E-state index contributed by atoms with van der Waals surface area (Å²) in [6.45, 7) is 7.69. The van der Waals surface area contributed by atoms with E-state index in [0.29, 0.717) is 22.6 Å². The summed E-state index contributed by atoms with van der Waals surface area (Å²) in [7, 11) is 0. The SMILES string of the molecule is CCOC(=O)Oc1ccc2[nH]c3c(C)c4c(=O)[nH]c(N5CCCC5)nc4c(C)c3c2c1. The van der Waals surface area contributed by atoms with Crippen LogP contribution in [0.2, 0.25) is 0 Å². The van der Waals surface area contributed by atoms with E-state index in [2.05, 4.69) is 14.9 Å². The molecule has 0 atom stereocenters. The predicted octanol–water partition coefficient (Wildman–Crippen LogP) is 4.31. The van der Waals surface area contributed by atoms with Crippen molar-refractivity contribution >= 4 is 44.8 Å². The van der Waals surface area contributed by atoms with Crippen LogP contribution >= 0.6 is 0 Å². The molecule has 0 bridgehead atoms. The fourth-order valence-corrected chi connectivity index (χ4v) is 4.55. The van der Waals surface area contributed by atoms with Crippen LogP contribution in [0.15, 0.2) is 23.0 Å². The van der Waals surface area contributed by atoms with Gasteiger partial charge in [-0.1, -0.05) is 0 Å². The molecule has 1 aliphatic rings. The molecule has 0 saturated carbocycles. The number of ether oxygens (including phenoxy) is 2. The Hall–Kier alpha value is -3.55. The van der Waals surface area contributed by atoms with Crippen molar-refractivity contribution in [3.05, 3.63) is 39.7 Å². The van der Waals surface area contributed by atoms with Gasteiger partial charge in [-0.2, -0.15) is 0 Å². The van der Waals surface area contributed by atoms with Crippen molar-refractivity contribution in [2.24, 2.45) is 0 Å². The van der Waals surface area contributed by atoms with E-state index in [1.54, 1.807) is 13.0 Å². The van der Waals surface area contributed by atoms with Crippen LogP contribution in [0.25, 0.3) is 32.7 Å². The first-order chi connectivity index (χ1) is 15.0. The normalized spacial score (nSPS) is 14.1. The van der Waals surface area contributed by atoms with Gasteiger partial charge in [0.25, 0.3) is 5.56 Å². The molecule has 1 aliphatic heterocycles. The number of nitrogens with one attached hydrogen (secondary N) is 2. The Labute approximate surface area is 178 Å². The monoisotopic (exact) mass is 420 g/mol. The zero-order valence-corrected chi connectivity index (χ0v) is 17.8. The number of benzene rings is 2. The molecule has 0 radical (unpaired) electrons. The van der Waals surface area contributed by atoms with Crippen molar-refractivity contribution < 1.29 is 14.3 Å². The smallest absolute Gasteiger partial charge is 0.434 e. The summed E-state index contributed by atoms with van der Waals surface area (Å²) in [6.07, 6.45) is 1.47. The number of carbonyl (C=O) groups is 1. The van der Waals surface area contributed by atoms with Crippen LogP contribution in [0, 0.1) is 13.8 Å². The van der Waals surface area contributed by atoms with E-state index in [4.69, 9.17) is 14.5 Å². The van der Waals surface area contributed by atoms with Crippen LogP contribution < -0.4 is 15.2 Å². The third-order valence-electron chi connectivity index (χ3n) is 6.03. The van der Waals surface area contributed by atoms with Crippen molar-refractivity contribution in [3.63, 3.8) is 0 Å². The Morgan fingerprint density at radius 2 is 1.90 bits per heavy atom. The van der Waals surface area contributed by atoms with Crippen LogP contribution in [0.1, 0.15) is 30.9 Å². The van der Waals surface area contributed by atoms with Crippen LogP contribution in [-0.2, 0) is 4.74 Å². The van der Waals surface area contributed by atoms with E-state index >= 15 is 0 Å². The number of rotatable bonds is 3. The standard InChI is InChI=1S/C23H24N4O4/c1-4-30-23(29)31-14-7-8-16-15(11-14)17-12(2)20-18(13(3)19(17)24-16)21(28)26-22(25-20)27-9-5-6-10-27/h7-8,11,24H,4-6,9-10H2,1-3H3,(H,25,26,28). The fourth-order valence-electron chi connectivity index (χ4n) is 4.55. The Morgan fingerprint density at radius 3 is 2.65 bits per heavy atom. The van der Waals surface area contributed by atoms with Crippen LogP contribution in [0.4, 0.5) is 10.7 Å². The number of H-pyrrole nitrogens is 2. The minimum atomic E-state index is -0.733. The third kappa shape index (κ3) is 3.10. The lowest BCUT2D eigenvalue weighted by atomic mass is 9.99. The Balaban J connectivity index is 1.75. The zero-order chi connectivity index (χ0) is 21.7. The molecule has 1 saturated heterocycles. The second kappa shape index (κ2) is 7.30. The maximum atomic E-state index is 13.0. The summed E-state index contributed by atoms with van der Waals surface area (Å²) in [5, 5.41) is 2.48. The highest BCUT2D eigenvalue weighted by Crippen LogP contribution is 2.36. The van der Waals surface area contributed by atoms with Gasteiger partial charge in [0.05, 0.1) is 23.0 Å². The van der Waals surface area contributed by atoms with Crippen LogP contribution in [0.5, 0.6) is 5.75 Å². The summed E-state index contributed by atoms with van der Waals surface area (Å²) in [5.74, 6) is 1.03. The van der Waals surface area contributed by atoms with Gasteiger partial charge in [0.1, 0.15) is 5.75 Å². The topological polar surface area (TPSA) is 100 Å². The minimum absolute atomic E-state index is 0.126. The molecule has 0 unspecified atom stereocenters. The van der Waals surface area contributed by atoms with Gasteiger partial charge in [0, 0.05) is 29.4 Å². The number of carbonyl (C=O) groups excluding carboxylic acids is 1. The van der Waals surface area contributed by atoms with Crippen molar-refractivity contribution in [1.29, 1.82) is 0 Å². The van der Waals surface area contributed by atoms with Gasteiger partial charge in [-0.05, 0) is 62.9 Å². The van der Waals surface area contributed by atoms with Gasteiger partial charge in [0.2, 0.25) is 5.95 Å². The number of anilines is 1. The molecular weight excluding hydrogens is 396 g/mol. The summed E-state index contributed by atoms with van der Waals surface area (Å²) in [6, 6.07) is 5.40. The maximum Gasteiger partial charge on any atom is 0.513 e. The second-order valence-electron chi connectivity index (χ2n) is 7.92. The summed E-state index contributed by atoms with van der Waals surface area (Å²) < 4.78 is 10.2. The van der Waals surface area contributed by atoms with E-state index in [1.165, 1.54) is 0 Å². The Morgan fingerprint density at radius 1 is 1.13 bits per heavy atom. The molecule has 8 nitrogen and oxygen atoms in total. The average Bonchev–Trinajstić information content (AvgIpc) is 3.40. The Kier molecular flexibility index (Phi) is 4.57. The number of fused-ring (bicyclic) bond motifs is 4. The van der Waals surface area contributed by atoms with Crippen LogP contribution in [0.3, 0.4) is 0 Å². The molecule has 1 fully saturated rings. The third-order valence-corrected chi connectivity index (χ3v) is 6.03. The van der Waals surface area contributed by atoms with Gasteiger partial charge >= 0.3 is 6.16 Å². The van der Waals surface area contributed by atoms with Crippen molar-refractivity contribution in [2.45, 2.75) is 33.6 Å². The van der Waals surface area contributed by atoms with E-state index in [-0.39, 0.29) is 12.2 Å². The molecule has 0 spiro atoms. The molecule has 2 aromatic heterocycles. The minimum Gasteiger partial charge on any atom is -0.434 e. The molecule has 8 heteroatoms. The number of aryl methyl sites for hydroxylation is 2. The van der Waals surface area contributed by atoms with Crippen molar-refractivity contribution in [2.75, 3.05) is 24.6 Å². The number of hydrogen-bond donors (Lipinski definition) is 2. The first kappa shape index (κ1) is 19.4. The van der Waals surface area contributed by atoms with Gasteiger partial charge in [0.15, 0.2) is 0 Å². The molecule has 2 N–H and O–H groups in total. The van der Waals surface area contributed by atoms with E-state index < -0.39 is 6.16 Å². The van der Waals surface area contributed by atoms with Gasteiger partial charge < -0.3 is 19.4 Å². The summed E-state index contributed by atoms with van der Waals surface area (Å²) in [4.78, 5) is 38.1. The number of hydrogen-bond acceptors (Lipinski definition) is 6. The van der Waals surface area contributed by atoms with Gasteiger partial charge in [-0.15, -0.1) is 0 Å². The molecule has 0 aliphatic carbocycles. The maximum absolute atomic E-state index is 13.0. The largest absolute Gasteiger partial charge is 0.513 e. The fraction of sp³-hybridized carbons (Fsp3) is 0.348. The highest BCUT2D eigenvalue weighted by molar-refractivity contribution is 6.16. The number of aromatic amines is 2. The van der Waals surface area contributed by atoms with Crippen molar-refractivity contribution in [1.82, 2.24) is 15.0 Å². The quantitative estimate of drug-likeness (QED) is 0.378. The molecule has 3 heterocycles. The second-order valence-corrected chi connectivity index (χ2v) is 7.92. The molecule has 4 aromatic rings. The van der Waals surface area contributed by atoms with E-state index in [0.717, 1.165) is 58.9 Å².